The van der Waals surface area contributed by atoms with E-state index < -0.39 is 15.4 Å². The Bertz CT molecular complexity index is 358. The SMILES string of the molecule is CC(CCCO)NC1(CN)CCCC1S(C)(=O)=O. The summed E-state index contributed by atoms with van der Waals surface area (Å²) in [5.41, 5.74) is 5.37. The first-order valence-electron chi connectivity index (χ1n) is 6.63. The van der Waals surface area contributed by atoms with Gasteiger partial charge in [-0.1, -0.05) is 6.42 Å². The third-order valence-electron chi connectivity index (χ3n) is 3.92. The van der Waals surface area contributed by atoms with Gasteiger partial charge in [-0.2, -0.15) is 0 Å². The summed E-state index contributed by atoms with van der Waals surface area (Å²) in [7, 11) is -3.08. The molecule has 0 radical (unpaired) electrons. The van der Waals surface area contributed by atoms with E-state index in [1.165, 1.54) is 6.26 Å². The van der Waals surface area contributed by atoms with Crippen LogP contribution in [0, 0.1) is 0 Å². The van der Waals surface area contributed by atoms with Crippen molar-refractivity contribution in [3.05, 3.63) is 0 Å². The minimum Gasteiger partial charge on any atom is -0.396 e. The van der Waals surface area contributed by atoms with Gasteiger partial charge in [0.2, 0.25) is 0 Å². The normalized spacial score (nSPS) is 30.6. The molecule has 0 saturated heterocycles. The first-order chi connectivity index (χ1) is 8.35. The van der Waals surface area contributed by atoms with Crippen molar-refractivity contribution in [2.75, 3.05) is 19.4 Å². The topological polar surface area (TPSA) is 92.4 Å². The molecule has 18 heavy (non-hydrogen) atoms. The Morgan fingerprint density at radius 2 is 2.22 bits per heavy atom. The van der Waals surface area contributed by atoms with Crippen LogP contribution in [0.1, 0.15) is 39.0 Å². The summed E-state index contributed by atoms with van der Waals surface area (Å²) in [5.74, 6) is 0. The third kappa shape index (κ3) is 3.66. The molecular formula is C12H26N2O3S. The molecule has 3 unspecified atom stereocenters. The Morgan fingerprint density at radius 3 is 2.72 bits per heavy atom. The monoisotopic (exact) mass is 278 g/mol. The maximum Gasteiger partial charge on any atom is 0.152 e. The number of hydrogen-bond acceptors (Lipinski definition) is 5. The molecule has 0 aromatic carbocycles. The summed E-state index contributed by atoms with van der Waals surface area (Å²) in [5, 5.41) is 11.9. The molecule has 0 spiro atoms. The van der Waals surface area contributed by atoms with E-state index in [0.29, 0.717) is 13.0 Å². The van der Waals surface area contributed by atoms with Crippen LogP contribution in [0.15, 0.2) is 0 Å². The lowest BCUT2D eigenvalue weighted by Crippen LogP contribution is -2.61. The fraction of sp³-hybridized carbons (Fsp3) is 1.00. The van der Waals surface area contributed by atoms with Crippen molar-refractivity contribution in [3.8, 4) is 0 Å². The van der Waals surface area contributed by atoms with Crippen LogP contribution in [0.3, 0.4) is 0 Å². The summed E-state index contributed by atoms with van der Waals surface area (Å²) in [6.45, 7) is 2.52. The summed E-state index contributed by atoms with van der Waals surface area (Å²) in [6.07, 6.45) is 5.25. The van der Waals surface area contributed by atoms with E-state index in [-0.39, 0.29) is 17.9 Å². The number of rotatable bonds is 7. The van der Waals surface area contributed by atoms with Gasteiger partial charge in [-0.15, -0.1) is 0 Å². The van der Waals surface area contributed by atoms with Crippen LogP contribution < -0.4 is 11.1 Å². The quantitative estimate of drug-likeness (QED) is 0.611. The summed E-state index contributed by atoms with van der Waals surface area (Å²) < 4.78 is 23.7. The highest BCUT2D eigenvalue weighted by atomic mass is 32.2. The summed E-state index contributed by atoms with van der Waals surface area (Å²) in [4.78, 5) is 0. The van der Waals surface area contributed by atoms with Gasteiger partial charge in [0.15, 0.2) is 9.84 Å². The molecule has 3 atom stereocenters. The zero-order valence-corrected chi connectivity index (χ0v) is 12.2. The Hall–Kier alpha value is -0.170. The largest absolute Gasteiger partial charge is 0.396 e. The van der Waals surface area contributed by atoms with Gasteiger partial charge in [-0.3, -0.25) is 0 Å². The summed E-state index contributed by atoms with van der Waals surface area (Å²) in [6, 6.07) is 0.169. The van der Waals surface area contributed by atoms with Crippen molar-refractivity contribution in [2.45, 2.75) is 55.9 Å². The van der Waals surface area contributed by atoms with Crippen LogP contribution in [-0.2, 0) is 9.84 Å². The molecule has 1 fully saturated rings. The number of sulfone groups is 1. The van der Waals surface area contributed by atoms with Crippen LogP contribution in [0.2, 0.25) is 0 Å². The van der Waals surface area contributed by atoms with Crippen molar-refractivity contribution < 1.29 is 13.5 Å². The van der Waals surface area contributed by atoms with E-state index in [4.69, 9.17) is 10.8 Å². The first-order valence-corrected chi connectivity index (χ1v) is 8.58. The maximum absolute atomic E-state index is 11.9. The van der Waals surface area contributed by atoms with E-state index >= 15 is 0 Å². The van der Waals surface area contributed by atoms with Crippen molar-refractivity contribution in [1.29, 1.82) is 0 Å². The van der Waals surface area contributed by atoms with Crippen LogP contribution in [0.5, 0.6) is 0 Å². The highest BCUT2D eigenvalue weighted by molar-refractivity contribution is 7.91. The van der Waals surface area contributed by atoms with E-state index in [0.717, 1.165) is 25.7 Å². The minimum atomic E-state index is -3.08. The Morgan fingerprint density at radius 1 is 1.56 bits per heavy atom. The van der Waals surface area contributed by atoms with Crippen LogP contribution in [-0.4, -0.2) is 49.8 Å². The van der Waals surface area contributed by atoms with Crippen molar-refractivity contribution in [1.82, 2.24) is 5.32 Å². The van der Waals surface area contributed by atoms with E-state index in [1.807, 2.05) is 6.92 Å². The molecule has 4 N–H and O–H groups in total. The molecular weight excluding hydrogens is 252 g/mol. The molecule has 1 rings (SSSR count). The molecule has 0 amide bonds. The van der Waals surface area contributed by atoms with Gasteiger partial charge in [-0.05, 0) is 32.6 Å². The van der Waals surface area contributed by atoms with Gasteiger partial charge >= 0.3 is 0 Å². The highest BCUT2D eigenvalue weighted by Gasteiger charge is 2.47. The molecule has 1 aliphatic carbocycles. The van der Waals surface area contributed by atoms with Gasteiger partial charge in [0.25, 0.3) is 0 Å². The lowest BCUT2D eigenvalue weighted by atomic mass is 9.95. The average Bonchev–Trinajstić information content (AvgIpc) is 2.70. The highest BCUT2D eigenvalue weighted by Crippen LogP contribution is 2.34. The van der Waals surface area contributed by atoms with Crippen LogP contribution in [0.4, 0.5) is 0 Å². The van der Waals surface area contributed by atoms with E-state index in [9.17, 15) is 8.42 Å². The molecule has 5 nitrogen and oxygen atoms in total. The smallest absolute Gasteiger partial charge is 0.152 e. The number of nitrogens with two attached hydrogens (primary N) is 1. The Balaban J connectivity index is 2.78. The molecule has 0 aliphatic heterocycles. The molecule has 0 bridgehead atoms. The standard InChI is InChI=1S/C12H26N2O3S/c1-10(5-4-8-15)14-12(9-13)7-3-6-11(12)18(2,16)17/h10-11,14-15H,3-9,13H2,1-2H3. The Kier molecular flexibility index (Phi) is 5.58. The number of hydrogen-bond donors (Lipinski definition) is 3. The zero-order chi connectivity index (χ0) is 13.8. The van der Waals surface area contributed by atoms with E-state index in [2.05, 4.69) is 5.32 Å². The van der Waals surface area contributed by atoms with Crippen molar-refractivity contribution >= 4 is 9.84 Å². The second kappa shape index (κ2) is 6.32. The maximum atomic E-state index is 11.9. The lowest BCUT2D eigenvalue weighted by molar-refractivity contribution is 0.255. The van der Waals surface area contributed by atoms with E-state index in [1.54, 1.807) is 0 Å². The van der Waals surface area contributed by atoms with Gasteiger partial charge in [0.05, 0.1) is 5.25 Å². The first kappa shape index (κ1) is 15.9. The molecule has 1 saturated carbocycles. The van der Waals surface area contributed by atoms with Gasteiger partial charge < -0.3 is 16.2 Å². The summed E-state index contributed by atoms with van der Waals surface area (Å²) >= 11 is 0. The number of aliphatic hydroxyl groups excluding tert-OH is 1. The second-order valence-electron chi connectivity index (χ2n) is 5.48. The fourth-order valence-corrected chi connectivity index (χ4v) is 4.78. The molecule has 0 aromatic heterocycles. The molecule has 1 aliphatic rings. The van der Waals surface area contributed by atoms with Crippen molar-refractivity contribution in [3.63, 3.8) is 0 Å². The second-order valence-corrected chi connectivity index (χ2v) is 7.71. The lowest BCUT2D eigenvalue weighted by Gasteiger charge is -2.37. The predicted octanol–water partition coefficient (Wildman–Crippen LogP) is 0.0316. The third-order valence-corrected chi connectivity index (χ3v) is 5.64. The number of nitrogens with one attached hydrogen (secondary N) is 1. The Labute approximate surface area is 110 Å². The molecule has 0 aromatic rings. The molecule has 108 valence electrons. The average molecular weight is 278 g/mol. The van der Waals surface area contributed by atoms with Gasteiger partial charge in [0, 0.05) is 31.0 Å². The number of aliphatic hydroxyl groups is 1. The molecule has 0 heterocycles. The van der Waals surface area contributed by atoms with Gasteiger partial charge in [0.1, 0.15) is 0 Å². The minimum absolute atomic E-state index is 0.164. The van der Waals surface area contributed by atoms with Crippen LogP contribution in [0.25, 0.3) is 0 Å². The molecule has 6 heteroatoms. The van der Waals surface area contributed by atoms with Crippen LogP contribution >= 0.6 is 0 Å². The zero-order valence-electron chi connectivity index (χ0n) is 11.4. The fourth-order valence-electron chi connectivity index (χ4n) is 3.08. The van der Waals surface area contributed by atoms with Gasteiger partial charge in [-0.25, -0.2) is 8.42 Å². The van der Waals surface area contributed by atoms with Crippen molar-refractivity contribution in [2.24, 2.45) is 5.73 Å². The predicted molar refractivity (Wildman–Crippen MR) is 73.2 cm³/mol.